The Morgan fingerprint density at radius 2 is 1.64 bits per heavy atom. The van der Waals surface area contributed by atoms with E-state index in [1.165, 1.54) is 0 Å². The van der Waals surface area contributed by atoms with Gasteiger partial charge in [-0.25, -0.2) is 9.24 Å². The van der Waals surface area contributed by atoms with E-state index in [1.807, 2.05) is 18.2 Å². The number of rotatable bonds is 3. The number of aryl methyl sites for hydroxylation is 2. The van der Waals surface area contributed by atoms with Crippen LogP contribution in [0.5, 0.6) is 0 Å². The molecule has 0 saturated heterocycles. The summed E-state index contributed by atoms with van der Waals surface area (Å²) in [4.78, 5) is 17.1. The second-order valence-electron chi connectivity index (χ2n) is 10.6. The van der Waals surface area contributed by atoms with Gasteiger partial charge in [-0.15, -0.1) is 12.1 Å². The maximum absolute atomic E-state index is 5.32. The van der Waals surface area contributed by atoms with Gasteiger partial charge in [-0.1, -0.05) is 23.9 Å². The fourth-order valence-corrected chi connectivity index (χ4v) is 6.20. The molecule has 0 fully saturated rings. The van der Waals surface area contributed by atoms with E-state index < -0.39 is 0 Å². The molecule has 2 aliphatic heterocycles. The minimum absolute atomic E-state index is 0. The summed E-state index contributed by atoms with van der Waals surface area (Å²) in [6.45, 7) is 1.58. The van der Waals surface area contributed by atoms with Gasteiger partial charge in [0, 0.05) is 32.9 Å². The molecule has 212 valence electrons. The monoisotopic (exact) mass is 600 g/mol. The third-order valence-corrected chi connectivity index (χ3v) is 8.12. The zero-order valence-electron chi connectivity index (χ0n) is 23.8. The second-order valence-corrected chi connectivity index (χ2v) is 10.6. The van der Waals surface area contributed by atoms with Crippen molar-refractivity contribution in [2.75, 3.05) is 46.9 Å². The van der Waals surface area contributed by atoms with Crippen LogP contribution in [0.4, 0.5) is 40.5 Å². The molecular weight excluding hydrogens is 571 g/mol. The van der Waals surface area contributed by atoms with Crippen molar-refractivity contribution in [1.29, 1.82) is 0 Å². The van der Waals surface area contributed by atoms with E-state index in [0.717, 1.165) is 70.5 Å². The summed E-state index contributed by atoms with van der Waals surface area (Å²) in [7, 11) is 8.36. The van der Waals surface area contributed by atoms with Crippen LogP contribution in [0.1, 0.15) is 0 Å². The SMILES string of the molecule is CN1c2ccccc2N(c2[c-]cccc2)c2nc3n(c21)N(C)CCN3c1cccc(-n2c[n+](C)c3c2[cH-]c[n+]3C)n1.[Ni+2]. The molecule has 0 N–H and O–H groups in total. The van der Waals surface area contributed by atoms with Crippen molar-refractivity contribution in [1.82, 2.24) is 19.2 Å². The van der Waals surface area contributed by atoms with Crippen molar-refractivity contribution in [3.05, 3.63) is 91.4 Å². The fourth-order valence-electron chi connectivity index (χ4n) is 6.20. The first-order valence-electron chi connectivity index (χ1n) is 13.7. The van der Waals surface area contributed by atoms with Gasteiger partial charge in [0.15, 0.2) is 11.6 Å². The number of hydrogen-bond donors (Lipinski definition) is 0. The second kappa shape index (κ2) is 9.67. The van der Waals surface area contributed by atoms with E-state index >= 15 is 0 Å². The van der Waals surface area contributed by atoms with Crippen LogP contribution in [0.25, 0.3) is 17.0 Å². The van der Waals surface area contributed by atoms with Crippen molar-refractivity contribution in [3.63, 3.8) is 0 Å². The van der Waals surface area contributed by atoms with Gasteiger partial charge in [-0.2, -0.15) is 38.8 Å². The van der Waals surface area contributed by atoms with Crippen LogP contribution in [0.3, 0.4) is 0 Å². The molecule has 2 aromatic carbocycles. The molecule has 2 aliphatic rings. The average Bonchev–Trinajstić information content (AvgIpc) is 3.68. The molecule has 0 unspecified atom stereocenters. The smallest absolute Gasteiger partial charge is 0.324 e. The Morgan fingerprint density at radius 1 is 0.857 bits per heavy atom. The van der Waals surface area contributed by atoms with E-state index in [1.54, 1.807) is 0 Å². The number of likely N-dealkylation sites (N-methyl/N-ethyl adjacent to an activating group) is 1. The van der Waals surface area contributed by atoms with E-state index in [4.69, 9.17) is 9.97 Å². The number of hydrogen-bond acceptors (Lipinski definition) is 6. The van der Waals surface area contributed by atoms with Crippen LogP contribution in [-0.2, 0) is 30.6 Å². The zero-order chi connectivity index (χ0) is 27.8. The van der Waals surface area contributed by atoms with Crippen molar-refractivity contribution in [3.8, 4) is 5.82 Å². The largest absolute Gasteiger partial charge is 2.00 e. The molecule has 4 aromatic heterocycles. The van der Waals surface area contributed by atoms with Crippen molar-refractivity contribution in [2.24, 2.45) is 14.1 Å². The zero-order valence-corrected chi connectivity index (χ0v) is 24.8. The van der Waals surface area contributed by atoms with E-state index in [2.05, 4.69) is 139 Å². The van der Waals surface area contributed by atoms with Gasteiger partial charge in [0.25, 0.3) is 12.1 Å². The summed E-state index contributed by atoms with van der Waals surface area (Å²) in [5.74, 6) is 4.42. The van der Waals surface area contributed by atoms with Crippen LogP contribution in [0, 0.1) is 6.07 Å². The van der Waals surface area contributed by atoms with Gasteiger partial charge in [0.2, 0.25) is 11.6 Å². The number of pyridine rings is 1. The van der Waals surface area contributed by atoms with Crippen molar-refractivity contribution >= 4 is 51.6 Å². The van der Waals surface area contributed by atoms with Crippen molar-refractivity contribution in [2.45, 2.75) is 0 Å². The standard InChI is InChI=1S/C31H30N10.Ni/c1-34-18-17-25-29(34)35(2)21-39(25)27-16-10-15-26(32-27)38-20-19-36(3)41-30-28(33-31(38)41)40(22-11-6-5-7-12-22)24-14-9-8-13-23(24)37(30)4;/h5-11,13-18,21H,19-20H2,1-4H3;/q;+2. The Balaban J connectivity index is 0.00000288. The molecule has 42 heavy (non-hydrogen) atoms. The Bertz CT molecular complexity index is 1940. The maximum Gasteiger partial charge on any atom is 2.00 e. The molecule has 0 radical (unpaired) electrons. The molecular formula is C31H30N10Ni+2. The van der Waals surface area contributed by atoms with E-state index in [0.29, 0.717) is 0 Å². The first-order valence-corrected chi connectivity index (χ1v) is 13.7. The number of anilines is 7. The number of nitrogens with zero attached hydrogens (tertiary/aromatic N) is 10. The third-order valence-electron chi connectivity index (χ3n) is 8.12. The van der Waals surface area contributed by atoms with Gasteiger partial charge < -0.3 is 14.8 Å². The molecule has 6 heterocycles. The normalized spacial score (nSPS) is 14.1. The maximum atomic E-state index is 5.32. The number of fused-ring (bicyclic) bond motifs is 5. The number of imidazole rings is 2. The summed E-state index contributed by atoms with van der Waals surface area (Å²) in [6, 6.07) is 28.3. The molecule has 6 aromatic rings. The first kappa shape index (κ1) is 26.2. The van der Waals surface area contributed by atoms with Gasteiger partial charge in [0.05, 0.1) is 32.0 Å². The molecule has 0 amide bonds. The number of para-hydroxylation sites is 3. The Hall–Kier alpha value is -4.76. The van der Waals surface area contributed by atoms with Gasteiger partial charge in [-0.05, 0) is 18.2 Å². The topological polar surface area (TPSA) is 56.4 Å². The Labute approximate surface area is 254 Å². The van der Waals surface area contributed by atoms with Crippen LogP contribution in [-0.4, -0.2) is 46.4 Å². The van der Waals surface area contributed by atoms with E-state index in [-0.39, 0.29) is 16.5 Å². The average molecular weight is 601 g/mol. The molecule has 0 aliphatic carbocycles. The van der Waals surface area contributed by atoms with Crippen molar-refractivity contribution < 1.29 is 25.6 Å². The molecule has 0 spiro atoms. The summed E-state index contributed by atoms with van der Waals surface area (Å²) in [6.07, 6.45) is 4.16. The summed E-state index contributed by atoms with van der Waals surface area (Å²) >= 11 is 0. The van der Waals surface area contributed by atoms with Crippen LogP contribution in [0.15, 0.2) is 85.3 Å². The number of benzene rings is 2. The van der Waals surface area contributed by atoms with Crippen LogP contribution >= 0.6 is 0 Å². The molecule has 11 heteroatoms. The summed E-state index contributed by atoms with van der Waals surface area (Å²) in [5.41, 5.74) is 5.39. The Kier molecular flexibility index (Phi) is 6.02. The number of aromatic nitrogens is 6. The van der Waals surface area contributed by atoms with Gasteiger partial charge in [0.1, 0.15) is 11.3 Å². The quantitative estimate of drug-likeness (QED) is 0.176. The molecule has 10 nitrogen and oxygen atoms in total. The molecule has 0 atom stereocenters. The van der Waals surface area contributed by atoms with E-state index in [9.17, 15) is 0 Å². The van der Waals surface area contributed by atoms with Gasteiger partial charge >= 0.3 is 16.5 Å². The molecule has 0 saturated carbocycles. The van der Waals surface area contributed by atoms with Gasteiger partial charge in [-0.3, -0.25) is 9.47 Å². The predicted molar refractivity (Wildman–Crippen MR) is 159 cm³/mol. The predicted octanol–water partition coefficient (Wildman–Crippen LogP) is 3.66. The minimum Gasteiger partial charge on any atom is -0.324 e. The van der Waals surface area contributed by atoms with Crippen LogP contribution in [0.2, 0.25) is 0 Å². The summed E-state index contributed by atoms with van der Waals surface area (Å²) in [5, 5.41) is 2.23. The first-order chi connectivity index (χ1) is 20.0. The molecule has 8 rings (SSSR count). The summed E-state index contributed by atoms with van der Waals surface area (Å²) < 4.78 is 8.61. The molecule has 0 bridgehead atoms. The Morgan fingerprint density at radius 3 is 2.45 bits per heavy atom. The van der Waals surface area contributed by atoms with Crippen LogP contribution < -0.4 is 28.8 Å². The minimum atomic E-state index is 0. The fraction of sp³-hybridized carbons (Fsp3) is 0.194. The third kappa shape index (κ3) is 3.66.